The molecule has 0 aromatic heterocycles. The minimum atomic E-state index is -0.639. The molecule has 0 fully saturated rings. The summed E-state index contributed by atoms with van der Waals surface area (Å²) < 4.78 is 5.17. The lowest BCUT2D eigenvalue weighted by Gasteiger charge is -2.15. The van der Waals surface area contributed by atoms with Gasteiger partial charge in [0, 0.05) is 5.56 Å². The van der Waals surface area contributed by atoms with Crippen molar-refractivity contribution in [3.63, 3.8) is 0 Å². The first-order valence-corrected chi connectivity index (χ1v) is 4.77. The Kier molecular flexibility index (Phi) is 4.55. The summed E-state index contributed by atoms with van der Waals surface area (Å²) in [7, 11) is 3.10. The van der Waals surface area contributed by atoms with Crippen LogP contribution in [0.5, 0.6) is 5.75 Å². The van der Waals surface area contributed by atoms with Crippen LogP contribution in [0.1, 0.15) is 17.2 Å². The molecule has 1 aromatic rings. The lowest BCUT2D eigenvalue weighted by molar-refractivity contribution is 0.0491. The van der Waals surface area contributed by atoms with E-state index < -0.39 is 6.10 Å². The molecule has 4 heteroatoms. The van der Waals surface area contributed by atoms with Crippen molar-refractivity contribution in [2.75, 3.05) is 20.8 Å². The van der Waals surface area contributed by atoms with Crippen LogP contribution in [-0.4, -0.2) is 25.9 Å². The van der Waals surface area contributed by atoms with Crippen molar-refractivity contribution in [2.45, 2.75) is 13.0 Å². The second-order valence-electron chi connectivity index (χ2n) is 3.31. The molecule has 2 N–H and O–H groups in total. The molecule has 0 amide bonds. The summed E-state index contributed by atoms with van der Waals surface area (Å²) in [4.78, 5) is 4.69. The maximum atomic E-state index is 9.87. The van der Waals surface area contributed by atoms with E-state index >= 15 is 0 Å². The summed E-state index contributed by atoms with van der Waals surface area (Å²) in [6.45, 7) is 2.30. The number of benzene rings is 1. The molecule has 0 saturated carbocycles. The molecule has 0 heterocycles. The summed E-state index contributed by atoms with van der Waals surface area (Å²) >= 11 is 0. The van der Waals surface area contributed by atoms with Crippen LogP contribution in [0.15, 0.2) is 18.2 Å². The first-order valence-electron chi connectivity index (χ1n) is 4.77. The van der Waals surface area contributed by atoms with Gasteiger partial charge in [-0.25, -0.2) is 0 Å². The molecule has 15 heavy (non-hydrogen) atoms. The maximum Gasteiger partial charge on any atom is 0.124 e. The SMILES string of the molecule is CONCC(O)c1cc(C)ccc1OC. The van der Waals surface area contributed by atoms with Crippen molar-refractivity contribution in [1.82, 2.24) is 5.48 Å². The van der Waals surface area contributed by atoms with Gasteiger partial charge in [0.15, 0.2) is 0 Å². The Morgan fingerprint density at radius 3 is 2.73 bits per heavy atom. The molecule has 1 aromatic carbocycles. The molecule has 0 aliphatic rings. The highest BCUT2D eigenvalue weighted by Crippen LogP contribution is 2.25. The number of methoxy groups -OCH3 is 1. The van der Waals surface area contributed by atoms with Gasteiger partial charge >= 0.3 is 0 Å². The highest BCUT2D eigenvalue weighted by atomic mass is 16.6. The van der Waals surface area contributed by atoms with Gasteiger partial charge in [-0.15, -0.1) is 0 Å². The van der Waals surface area contributed by atoms with Crippen LogP contribution in [0.25, 0.3) is 0 Å². The van der Waals surface area contributed by atoms with E-state index in [-0.39, 0.29) is 0 Å². The predicted molar refractivity (Wildman–Crippen MR) is 57.7 cm³/mol. The largest absolute Gasteiger partial charge is 0.496 e. The number of aliphatic hydroxyl groups excluding tert-OH is 1. The molecule has 0 bridgehead atoms. The molecule has 0 aliphatic carbocycles. The molecule has 0 spiro atoms. The quantitative estimate of drug-likeness (QED) is 0.718. The summed E-state index contributed by atoms with van der Waals surface area (Å²) in [6.07, 6.45) is -0.639. The van der Waals surface area contributed by atoms with E-state index in [2.05, 4.69) is 10.3 Å². The zero-order valence-corrected chi connectivity index (χ0v) is 9.28. The van der Waals surface area contributed by atoms with E-state index in [4.69, 9.17) is 4.74 Å². The average molecular weight is 211 g/mol. The third kappa shape index (κ3) is 3.20. The minimum absolute atomic E-state index is 0.330. The molecule has 84 valence electrons. The van der Waals surface area contributed by atoms with Gasteiger partial charge in [-0.05, 0) is 19.1 Å². The summed E-state index contributed by atoms with van der Waals surface area (Å²) in [5.41, 5.74) is 4.46. The van der Waals surface area contributed by atoms with E-state index in [1.807, 2.05) is 25.1 Å². The van der Waals surface area contributed by atoms with Crippen molar-refractivity contribution in [3.8, 4) is 5.75 Å². The van der Waals surface area contributed by atoms with Crippen LogP contribution in [-0.2, 0) is 4.84 Å². The predicted octanol–water partition coefficient (Wildman–Crippen LogP) is 1.19. The number of rotatable bonds is 5. The molecule has 0 aliphatic heterocycles. The zero-order valence-electron chi connectivity index (χ0n) is 9.28. The van der Waals surface area contributed by atoms with Crippen molar-refractivity contribution in [3.05, 3.63) is 29.3 Å². The van der Waals surface area contributed by atoms with Gasteiger partial charge in [0.2, 0.25) is 0 Å². The number of ether oxygens (including phenoxy) is 1. The lowest BCUT2D eigenvalue weighted by Crippen LogP contribution is -2.20. The van der Waals surface area contributed by atoms with Gasteiger partial charge in [0.05, 0.1) is 26.9 Å². The molecule has 1 atom stereocenters. The second kappa shape index (κ2) is 5.70. The fourth-order valence-corrected chi connectivity index (χ4v) is 1.39. The van der Waals surface area contributed by atoms with Gasteiger partial charge in [-0.2, -0.15) is 5.48 Å². The third-order valence-corrected chi connectivity index (χ3v) is 2.17. The molecular weight excluding hydrogens is 194 g/mol. The van der Waals surface area contributed by atoms with E-state index in [9.17, 15) is 5.11 Å². The lowest BCUT2D eigenvalue weighted by atomic mass is 10.1. The number of nitrogens with one attached hydrogen (secondary N) is 1. The Hall–Kier alpha value is -1.10. The first-order chi connectivity index (χ1) is 7.19. The van der Waals surface area contributed by atoms with E-state index in [0.717, 1.165) is 11.1 Å². The fourth-order valence-electron chi connectivity index (χ4n) is 1.39. The maximum absolute atomic E-state index is 9.87. The minimum Gasteiger partial charge on any atom is -0.496 e. The van der Waals surface area contributed by atoms with Crippen LogP contribution in [0, 0.1) is 6.92 Å². The van der Waals surface area contributed by atoms with Gasteiger partial charge in [-0.1, -0.05) is 11.6 Å². The zero-order chi connectivity index (χ0) is 11.3. The number of hydrogen-bond acceptors (Lipinski definition) is 4. The Morgan fingerprint density at radius 1 is 1.40 bits per heavy atom. The molecule has 4 nitrogen and oxygen atoms in total. The summed E-state index contributed by atoms with van der Waals surface area (Å²) in [5, 5.41) is 9.87. The molecule has 0 radical (unpaired) electrons. The third-order valence-electron chi connectivity index (χ3n) is 2.17. The summed E-state index contributed by atoms with van der Waals surface area (Å²) in [5.74, 6) is 0.686. The van der Waals surface area contributed by atoms with Crippen LogP contribution >= 0.6 is 0 Å². The van der Waals surface area contributed by atoms with E-state index in [1.165, 1.54) is 7.11 Å². The van der Waals surface area contributed by atoms with Crippen molar-refractivity contribution < 1.29 is 14.7 Å². The number of hydroxylamine groups is 1. The van der Waals surface area contributed by atoms with Gasteiger partial charge in [-0.3, -0.25) is 0 Å². The molecule has 0 saturated heterocycles. The van der Waals surface area contributed by atoms with E-state index in [1.54, 1.807) is 7.11 Å². The Morgan fingerprint density at radius 2 is 2.13 bits per heavy atom. The van der Waals surface area contributed by atoms with Crippen molar-refractivity contribution >= 4 is 0 Å². The topological polar surface area (TPSA) is 50.7 Å². The van der Waals surface area contributed by atoms with Crippen LogP contribution < -0.4 is 10.2 Å². The smallest absolute Gasteiger partial charge is 0.124 e. The Balaban J connectivity index is 2.85. The monoisotopic (exact) mass is 211 g/mol. The van der Waals surface area contributed by atoms with Crippen molar-refractivity contribution in [1.29, 1.82) is 0 Å². The van der Waals surface area contributed by atoms with Crippen LogP contribution in [0.3, 0.4) is 0 Å². The highest BCUT2D eigenvalue weighted by Gasteiger charge is 2.12. The Bertz CT molecular complexity index is 315. The normalized spacial score (nSPS) is 12.5. The number of aryl methyl sites for hydroxylation is 1. The van der Waals surface area contributed by atoms with E-state index in [0.29, 0.717) is 12.3 Å². The molecule has 1 unspecified atom stereocenters. The molecule has 1 rings (SSSR count). The second-order valence-corrected chi connectivity index (χ2v) is 3.31. The Labute approximate surface area is 89.8 Å². The molecular formula is C11H17NO3. The van der Waals surface area contributed by atoms with Crippen molar-refractivity contribution in [2.24, 2.45) is 0 Å². The van der Waals surface area contributed by atoms with Crippen LogP contribution in [0.4, 0.5) is 0 Å². The van der Waals surface area contributed by atoms with Gasteiger partial charge in [0.1, 0.15) is 5.75 Å². The fraction of sp³-hybridized carbons (Fsp3) is 0.455. The standard InChI is InChI=1S/C11H17NO3/c1-8-4-5-11(14-2)9(6-8)10(13)7-12-15-3/h4-6,10,12-13H,7H2,1-3H3. The van der Waals surface area contributed by atoms with Crippen LogP contribution in [0.2, 0.25) is 0 Å². The number of hydrogen-bond donors (Lipinski definition) is 2. The average Bonchev–Trinajstić information content (AvgIpc) is 2.25. The van der Waals surface area contributed by atoms with Gasteiger partial charge < -0.3 is 14.7 Å². The van der Waals surface area contributed by atoms with Gasteiger partial charge in [0.25, 0.3) is 0 Å². The first kappa shape index (κ1) is 12.0. The number of aliphatic hydroxyl groups is 1. The highest BCUT2D eigenvalue weighted by molar-refractivity contribution is 5.38. The summed E-state index contributed by atoms with van der Waals surface area (Å²) in [6, 6.07) is 5.69.